The van der Waals surface area contributed by atoms with E-state index < -0.39 is 11.5 Å². The third-order valence-electron chi connectivity index (χ3n) is 4.73. The molecule has 1 aromatic heterocycles. The summed E-state index contributed by atoms with van der Waals surface area (Å²) in [6.07, 6.45) is 4.01. The summed E-state index contributed by atoms with van der Waals surface area (Å²) < 4.78 is 1.58. The van der Waals surface area contributed by atoms with E-state index in [2.05, 4.69) is 12.2 Å². The summed E-state index contributed by atoms with van der Waals surface area (Å²) in [5.41, 5.74) is 0.234. The fraction of sp³-hybridized carbons (Fsp3) is 0.273. The van der Waals surface area contributed by atoms with Crippen LogP contribution in [0.3, 0.4) is 0 Å². The van der Waals surface area contributed by atoms with E-state index in [1.807, 2.05) is 6.07 Å². The molecule has 1 amide bonds. The molecule has 3 rings (SSSR count). The molecule has 0 bridgehead atoms. The van der Waals surface area contributed by atoms with Crippen molar-refractivity contribution in [3.8, 4) is 5.75 Å². The van der Waals surface area contributed by atoms with Gasteiger partial charge in [-0.25, -0.2) is 0 Å². The number of hydrogen-bond donors (Lipinski definition) is 2. The van der Waals surface area contributed by atoms with Crippen LogP contribution in [-0.4, -0.2) is 15.6 Å². The molecule has 2 aromatic carbocycles. The number of anilines is 1. The Hall–Kier alpha value is -2.79. The molecule has 1 heterocycles. The monoisotopic (exact) mass is 398 g/mol. The first-order chi connectivity index (χ1) is 13.5. The highest BCUT2D eigenvalue weighted by molar-refractivity contribution is 6.34. The van der Waals surface area contributed by atoms with Crippen molar-refractivity contribution in [2.75, 3.05) is 5.32 Å². The predicted octanol–water partition coefficient (Wildman–Crippen LogP) is 5.19. The molecule has 0 saturated carbocycles. The van der Waals surface area contributed by atoms with Crippen molar-refractivity contribution in [2.45, 2.75) is 39.2 Å². The summed E-state index contributed by atoms with van der Waals surface area (Å²) in [5, 5.41) is 14.1. The van der Waals surface area contributed by atoms with Crippen LogP contribution in [0.1, 0.15) is 43.0 Å². The summed E-state index contributed by atoms with van der Waals surface area (Å²) in [5.74, 6) is -0.987. The molecule has 5 nitrogen and oxygen atoms in total. The second-order valence-corrected chi connectivity index (χ2v) is 7.10. The van der Waals surface area contributed by atoms with Crippen molar-refractivity contribution < 1.29 is 9.90 Å². The van der Waals surface area contributed by atoms with Crippen LogP contribution >= 0.6 is 11.6 Å². The molecule has 0 aliphatic rings. The van der Waals surface area contributed by atoms with Crippen LogP contribution in [0.4, 0.5) is 5.69 Å². The lowest BCUT2D eigenvalue weighted by molar-refractivity contribution is 0.102. The zero-order valence-electron chi connectivity index (χ0n) is 15.7. The van der Waals surface area contributed by atoms with Crippen molar-refractivity contribution in [2.24, 2.45) is 0 Å². The number of fused-ring (bicyclic) bond motifs is 1. The van der Waals surface area contributed by atoms with Crippen molar-refractivity contribution in [1.29, 1.82) is 0 Å². The fourth-order valence-electron chi connectivity index (χ4n) is 3.26. The number of nitrogens with zero attached hydrogens (tertiary/aromatic N) is 1. The highest BCUT2D eigenvalue weighted by Gasteiger charge is 2.22. The van der Waals surface area contributed by atoms with Gasteiger partial charge in [0.15, 0.2) is 0 Å². The molecule has 0 spiro atoms. The van der Waals surface area contributed by atoms with Crippen LogP contribution in [0.2, 0.25) is 5.02 Å². The Labute approximate surface area is 168 Å². The minimum Gasteiger partial charge on any atom is -0.506 e. The SMILES string of the molecule is CCCCCCn1c(=O)c(C(=O)Nc2ccccc2Cl)c(O)c2ccccc21. The van der Waals surface area contributed by atoms with Gasteiger partial charge in [-0.1, -0.05) is 62.1 Å². The molecular formula is C22H23ClN2O3. The second kappa shape index (κ2) is 8.93. The third kappa shape index (κ3) is 4.04. The van der Waals surface area contributed by atoms with Gasteiger partial charge in [0.05, 0.1) is 16.2 Å². The lowest BCUT2D eigenvalue weighted by Crippen LogP contribution is -2.30. The minimum absolute atomic E-state index is 0.269. The number of halogens is 1. The van der Waals surface area contributed by atoms with E-state index in [0.717, 1.165) is 25.7 Å². The van der Waals surface area contributed by atoms with Crippen LogP contribution < -0.4 is 10.9 Å². The van der Waals surface area contributed by atoms with E-state index >= 15 is 0 Å². The standard InChI is InChI=1S/C22H23ClN2O3/c1-2-3-4-9-14-25-18-13-8-5-10-15(18)20(26)19(22(25)28)21(27)24-17-12-7-6-11-16(17)23/h5-8,10-13,26H,2-4,9,14H2,1H3,(H,24,27). The van der Waals surface area contributed by atoms with Crippen molar-refractivity contribution in [3.63, 3.8) is 0 Å². The normalized spacial score (nSPS) is 10.9. The van der Waals surface area contributed by atoms with Crippen LogP contribution in [0.5, 0.6) is 5.75 Å². The van der Waals surface area contributed by atoms with Gasteiger partial charge in [0.2, 0.25) is 0 Å². The van der Waals surface area contributed by atoms with E-state index in [9.17, 15) is 14.7 Å². The van der Waals surface area contributed by atoms with E-state index in [1.165, 1.54) is 0 Å². The number of pyridine rings is 1. The molecule has 6 heteroatoms. The molecule has 28 heavy (non-hydrogen) atoms. The first-order valence-corrected chi connectivity index (χ1v) is 9.82. The number of aromatic nitrogens is 1. The van der Waals surface area contributed by atoms with E-state index in [-0.39, 0.29) is 11.3 Å². The van der Waals surface area contributed by atoms with E-state index in [4.69, 9.17) is 11.6 Å². The molecule has 0 aliphatic carbocycles. The molecule has 0 aliphatic heterocycles. The highest BCUT2D eigenvalue weighted by Crippen LogP contribution is 2.28. The Kier molecular flexibility index (Phi) is 6.37. The number of carbonyl (C=O) groups excluding carboxylic acids is 1. The van der Waals surface area contributed by atoms with Gasteiger partial charge in [-0.15, -0.1) is 0 Å². The quantitative estimate of drug-likeness (QED) is 0.538. The second-order valence-electron chi connectivity index (χ2n) is 6.69. The summed E-state index contributed by atoms with van der Waals surface area (Å²) >= 11 is 6.10. The summed E-state index contributed by atoms with van der Waals surface area (Å²) in [7, 11) is 0. The van der Waals surface area contributed by atoms with Gasteiger partial charge in [0.25, 0.3) is 11.5 Å². The number of hydrogen-bond acceptors (Lipinski definition) is 3. The summed E-state index contributed by atoms with van der Waals surface area (Å²) in [6.45, 7) is 2.62. The van der Waals surface area contributed by atoms with E-state index in [1.54, 1.807) is 47.0 Å². The maximum Gasteiger partial charge on any atom is 0.267 e. The predicted molar refractivity (Wildman–Crippen MR) is 113 cm³/mol. The first-order valence-electron chi connectivity index (χ1n) is 9.45. The lowest BCUT2D eigenvalue weighted by atomic mass is 10.1. The van der Waals surface area contributed by atoms with Crippen molar-refractivity contribution in [1.82, 2.24) is 4.57 Å². The number of rotatable bonds is 7. The summed E-state index contributed by atoms with van der Waals surface area (Å²) in [4.78, 5) is 25.9. The number of carbonyl (C=O) groups is 1. The van der Waals surface area contributed by atoms with Crippen LogP contribution in [0, 0.1) is 0 Å². The number of nitrogens with one attached hydrogen (secondary N) is 1. The Morgan fingerprint density at radius 1 is 1.07 bits per heavy atom. The lowest BCUT2D eigenvalue weighted by Gasteiger charge is -2.15. The molecule has 2 N–H and O–H groups in total. The highest BCUT2D eigenvalue weighted by atomic mass is 35.5. The zero-order valence-corrected chi connectivity index (χ0v) is 16.5. The molecule has 0 fully saturated rings. The third-order valence-corrected chi connectivity index (χ3v) is 5.06. The zero-order chi connectivity index (χ0) is 20.1. The smallest absolute Gasteiger partial charge is 0.267 e. The molecule has 0 saturated heterocycles. The van der Waals surface area contributed by atoms with Crippen molar-refractivity contribution in [3.05, 3.63) is 69.5 Å². The van der Waals surface area contributed by atoms with Gasteiger partial charge in [-0.05, 0) is 30.7 Å². The Bertz CT molecular complexity index is 1060. The average molecular weight is 399 g/mol. The maximum atomic E-state index is 13.1. The van der Waals surface area contributed by atoms with Crippen LogP contribution in [-0.2, 0) is 6.54 Å². The fourth-order valence-corrected chi connectivity index (χ4v) is 3.44. The Balaban J connectivity index is 2.05. The number of aromatic hydroxyl groups is 1. The minimum atomic E-state index is -0.677. The van der Waals surface area contributed by atoms with Crippen LogP contribution in [0.25, 0.3) is 10.9 Å². The molecule has 3 aromatic rings. The Morgan fingerprint density at radius 3 is 2.54 bits per heavy atom. The molecular weight excluding hydrogens is 376 g/mol. The van der Waals surface area contributed by atoms with Gasteiger partial charge in [-0.3, -0.25) is 9.59 Å². The molecule has 0 unspecified atom stereocenters. The van der Waals surface area contributed by atoms with Crippen LogP contribution in [0.15, 0.2) is 53.3 Å². The van der Waals surface area contributed by atoms with E-state index in [0.29, 0.717) is 28.2 Å². The maximum absolute atomic E-state index is 13.1. The van der Waals surface area contributed by atoms with Crippen molar-refractivity contribution >= 4 is 34.1 Å². The molecule has 146 valence electrons. The van der Waals surface area contributed by atoms with Gasteiger partial charge < -0.3 is 15.0 Å². The average Bonchev–Trinajstić information content (AvgIpc) is 2.69. The first kappa shape index (κ1) is 20.0. The number of unbranched alkanes of at least 4 members (excludes halogenated alkanes) is 3. The molecule has 0 atom stereocenters. The number of para-hydroxylation sites is 2. The van der Waals surface area contributed by atoms with Gasteiger partial charge in [-0.2, -0.15) is 0 Å². The summed E-state index contributed by atoms with van der Waals surface area (Å²) in [6, 6.07) is 13.8. The van der Waals surface area contributed by atoms with Gasteiger partial charge >= 0.3 is 0 Å². The number of aryl methyl sites for hydroxylation is 1. The number of amides is 1. The largest absolute Gasteiger partial charge is 0.506 e. The van der Waals surface area contributed by atoms with Gasteiger partial charge in [0.1, 0.15) is 11.3 Å². The number of benzene rings is 2. The molecule has 0 radical (unpaired) electrons. The topological polar surface area (TPSA) is 71.3 Å². The Morgan fingerprint density at radius 2 is 1.79 bits per heavy atom. The van der Waals surface area contributed by atoms with Gasteiger partial charge in [0, 0.05) is 11.9 Å².